The molecule has 0 aliphatic carbocycles. The van der Waals surface area contributed by atoms with Crippen LogP contribution in [-0.4, -0.2) is 72.6 Å². The molecule has 2 saturated heterocycles. The van der Waals surface area contributed by atoms with E-state index in [-0.39, 0.29) is 17.8 Å². The molecule has 3 rings (SSSR count). The Labute approximate surface area is 153 Å². The number of likely N-dealkylation sites (N-methyl/N-ethyl adjacent to an activating group) is 2. The average Bonchev–Trinajstić information content (AvgIpc) is 2.92. The third kappa shape index (κ3) is 3.40. The topological polar surface area (TPSA) is 53.1 Å². The molecule has 0 bridgehead atoms. The fourth-order valence-electron chi connectivity index (χ4n) is 3.83. The quantitative estimate of drug-likeness (QED) is 0.823. The molecule has 26 heavy (non-hydrogen) atoms. The van der Waals surface area contributed by atoms with Crippen LogP contribution in [0.2, 0.25) is 0 Å². The van der Waals surface area contributed by atoms with Gasteiger partial charge in [-0.3, -0.25) is 9.69 Å². The Bertz CT molecular complexity index is 686. The normalized spacial score (nSPS) is 20.6. The van der Waals surface area contributed by atoms with E-state index in [2.05, 4.69) is 0 Å². The number of carbonyl (C=O) groups is 2. The molecule has 6 nitrogen and oxygen atoms in total. The van der Waals surface area contributed by atoms with Crippen LogP contribution in [0.25, 0.3) is 0 Å². The molecule has 1 aromatic carbocycles. The third-order valence-corrected chi connectivity index (χ3v) is 5.36. The first kappa shape index (κ1) is 18.6. The summed E-state index contributed by atoms with van der Waals surface area (Å²) >= 11 is 0. The summed E-state index contributed by atoms with van der Waals surface area (Å²) in [6.07, 6.45) is 0.946. The fraction of sp³-hybridized carbons (Fsp3) is 0.579. The van der Waals surface area contributed by atoms with Crippen LogP contribution in [0.5, 0.6) is 0 Å². The van der Waals surface area contributed by atoms with Crippen molar-refractivity contribution >= 4 is 12.0 Å². The Kier molecular flexibility index (Phi) is 5.18. The van der Waals surface area contributed by atoms with Crippen LogP contribution in [0.15, 0.2) is 24.3 Å². The van der Waals surface area contributed by atoms with Gasteiger partial charge >= 0.3 is 6.09 Å². The Morgan fingerprint density at radius 2 is 1.96 bits per heavy atom. The van der Waals surface area contributed by atoms with Gasteiger partial charge in [0.2, 0.25) is 5.91 Å². The number of nitrogens with zero attached hydrogens (tertiary/aromatic N) is 3. The van der Waals surface area contributed by atoms with Gasteiger partial charge in [0.05, 0.1) is 6.54 Å². The lowest BCUT2D eigenvalue weighted by atomic mass is 9.90. The fourth-order valence-corrected chi connectivity index (χ4v) is 3.83. The summed E-state index contributed by atoms with van der Waals surface area (Å²) < 4.78 is 19.8. The van der Waals surface area contributed by atoms with Crippen molar-refractivity contribution in [3.8, 4) is 0 Å². The van der Waals surface area contributed by atoms with E-state index in [9.17, 15) is 14.0 Å². The molecular formula is C19H26FN3O3. The van der Waals surface area contributed by atoms with E-state index in [0.717, 1.165) is 0 Å². The van der Waals surface area contributed by atoms with Crippen molar-refractivity contribution in [1.82, 2.24) is 14.7 Å². The number of hydrogen-bond donors (Lipinski definition) is 0. The van der Waals surface area contributed by atoms with Gasteiger partial charge in [-0.15, -0.1) is 0 Å². The standard InChI is InChI=1S/C19H26FN3O3/c1-4-22-13-19(26-18(22)25)9-11-23(12-10-19)17(24)16(21(2)3)14-7-5-6-8-15(14)20/h5-8,16H,4,9-13H2,1-3H3/t16-/m1/s1. The molecule has 1 atom stereocenters. The van der Waals surface area contributed by atoms with Gasteiger partial charge in [-0.25, -0.2) is 9.18 Å². The Balaban J connectivity index is 1.71. The molecule has 2 aliphatic rings. The molecule has 2 heterocycles. The minimum absolute atomic E-state index is 0.119. The number of amides is 2. The van der Waals surface area contributed by atoms with E-state index in [1.165, 1.54) is 6.07 Å². The van der Waals surface area contributed by atoms with Gasteiger partial charge in [-0.2, -0.15) is 0 Å². The van der Waals surface area contributed by atoms with Crippen LogP contribution < -0.4 is 0 Å². The van der Waals surface area contributed by atoms with E-state index in [4.69, 9.17) is 4.74 Å². The lowest BCUT2D eigenvalue weighted by Gasteiger charge is -2.39. The first-order valence-electron chi connectivity index (χ1n) is 9.04. The number of rotatable bonds is 4. The van der Waals surface area contributed by atoms with Gasteiger partial charge in [0.15, 0.2) is 0 Å². The zero-order valence-electron chi connectivity index (χ0n) is 15.6. The molecule has 142 valence electrons. The van der Waals surface area contributed by atoms with E-state index in [1.807, 2.05) is 6.92 Å². The Morgan fingerprint density at radius 1 is 1.31 bits per heavy atom. The highest BCUT2D eigenvalue weighted by atomic mass is 19.1. The summed E-state index contributed by atoms with van der Waals surface area (Å²) in [4.78, 5) is 30.2. The molecule has 0 aromatic heterocycles. The monoisotopic (exact) mass is 363 g/mol. The van der Waals surface area contributed by atoms with Crippen LogP contribution in [0.3, 0.4) is 0 Å². The molecule has 0 N–H and O–H groups in total. The molecule has 0 saturated carbocycles. The van der Waals surface area contributed by atoms with Crippen molar-refractivity contribution in [3.05, 3.63) is 35.6 Å². The number of likely N-dealkylation sites (tertiary alicyclic amines) is 1. The predicted molar refractivity (Wildman–Crippen MR) is 95.1 cm³/mol. The van der Waals surface area contributed by atoms with Crippen LogP contribution in [-0.2, 0) is 9.53 Å². The number of piperidine rings is 1. The highest BCUT2D eigenvalue weighted by molar-refractivity contribution is 5.83. The van der Waals surface area contributed by atoms with Crippen molar-refractivity contribution in [2.45, 2.75) is 31.4 Å². The van der Waals surface area contributed by atoms with Crippen molar-refractivity contribution in [2.75, 3.05) is 40.3 Å². The Morgan fingerprint density at radius 3 is 2.50 bits per heavy atom. The number of hydrogen-bond acceptors (Lipinski definition) is 4. The Hall–Kier alpha value is -2.15. The van der Waals surface area contributed by atoms with E-state index < -0.39 is 11.6 Å². The van der Waals surface area contributed by atoms with Crippen molar-refractivity contribution < 1.29 is 18.7 Å². The predicted octanol–water partition coefficient (Wildman–Crippen LogP) is 2.26. The zero-order chi connectivity index (χ0) is 18.9. The second-order valence-corrected chi connectivity index (χ2v) is 7.28. The minimum Gasteiger partial charge on any atom is -0.441 e. The molecular weight excluding hydrogens is 337 g/mol. The molecule has 0 unspecified atom stereocenters. The van der Waals surface area contributed by atoms with Gasteiger partial charge in [0.1, 0.15) is 17.5 Å². The van der Waals surface area contributed by atoms with Gasteiger partial charge in [-0.05, 0) is 27.1 Å². The molecule has 2 fully saturated rings. The average molecular weight is 363 g/mol. The summed E-state index contributed by atoms with van der Waals surface area (Å²) in [5.74, 6) is -0.497. The van der Waals surface area contributed by atoms with Crippen LogP contribution in [0.1, 0.15) is 31.4 Å². The summed E-state index contributed by atoms with van der Waals surface area (Å²) in [6, 6.07) is 5.73. The highest BCUT2D eigenvalue weighted by Crippen LogP contribution is 2.34. The summed E-state index contributed by atoms with van der Waals surface area (Å²) in [6.45, 7) is 4.13. The van der Waals surface area contributed by atoms with E-state index in [1.54, 1.807) is 47.0 Å². The lowest BCUT2D eigenvalue weighted by Crippen LogP contribution is -2.51. The van der Waals surface area contributed by atoms with Crippen molar-refractivity contribution in [1.29, 1.82) is 0 Å². The van der Waals surface area contributed by atoms with Crippen LogP contribution in [0.4, 0.5) is 9.18 Å². The first-order chi connectivity index (χ1) is 12.4. The summed E-state index contributed by atoms with van der Waals surface area (Å²) in [5.41, 5.74) is -0.109. The zero-order valence-corrected chi connectivity index (χ0v) is 15.6. The molecule has 2 aliphatic heterocycles. The maximum atomic E-state index is 14.2. The van der Waals surface area contributed by atoms with Crippen LogP contribution in [0, 0.1) is 5.82 Å². The third-order valence-electron chi connectivity index (χ3n) is 5.36. The maximum Gasteiger partial charge on any atom is 0.410 e. The van der Waals surface area contributed by atoms with Crippen molar-refractivity contribution in [3.63, 3.8) is 0 Å². The molecule has 1 aromatic rings. The number of benzene rings is 1. The van der Waals surface area contributed by atoms with Gasteiger partial charge in [0.25, 0.3) is 0 Å². The van der Waals surface area contributed by atoms with E-state index in [0.29, 0.717) is 44.6 Å². The smallest absolute Gasteiger partial charge is 0.410 e. The highest BCUT2D eigenvalue weighted by Gasteiger charge is 2.47. The maximum absolute atomic E-state index is 14.2. The minimum atomic E-state index is -0.663. The molecule has 0 radical (unpaired) electrons. The molecule has 1 spiro atoms. The first-order valence-corrected chi connectivity index (χ1v) is 9.04. The number of ether oxygens (including phenoxy) is 1. The molecule has 2 amide bonds. The van der Waals surface area contributed by atoms with Gasteiger partial charge < -0.3 is 14.5 Å². The van der Waals surface area contributed by atoms with Crippen LogP contribution >= 0.6 is 0 Å². The largest absolute Gasteiger partial charge is 0.441 e. The lowest BCUT2D eigenvalue weighted by molar-refractivity contribution is -0.139. The van der Waals surface area contributed by atoms with E-state index >= 15 is 0 Å². The number of halogens is 1. The SMILES string of the molecule is CCN1CC2(CCN(C(=O)[C@@H](c3ccccc3F)N(C)C)CC2)OC1=O. The van der Waals surface area contributed by atoms with Gasteiger partial charge in [0, 0.05) is 38.0 Å². The number of carbonyl (C=O) groups excluding carboxylic acids is 2. The molecule has 7 heteroatoms. The second-order valence-electron chi connectivity index (χ2n) is 7.28. The van der Waals surface area contributed by atoms with Crippen molar-refractivity contribution in [2.24, 2.45) is 0 Å². The second kappa shape index (κ2) is 7.23. The summed E-state index contributed by atoms with van der Waals surface area (Å²) in [5, 5.41) is 0. The summed E-state index contributed by atoms with van der Waals surface area (Å²) in [7, 11) is 3.55. The van der Waals surface area contributed by atoms with Gasteiger partial charge in [-0.1, -0.05) is 18.2 Å².